The molecule has 0 amide bonds. The van der Waals surface area contributed by atoms with Crippen LogP contribution in [0.5, 0.6) is 0 Å². The van der Waals surface area contributed by atoms with Gasteiger partial charge in [0.05, 0.1) is 0 Å². The highest BCUT2D eigenvalue weighted by Crippen LogP contribution is 2.46. The first-order valence-electron chi connectivity index (χ1n) is 7.57. The summed E-state index contributed by atoms with van der Waals surface area (Å²) in [5, 5.41) is 3.49. The summed E-state index contributed by atoms with van der Waals surface area (Å²) in [4.78, 5) is 11.2. The topological polar surface area (TPSA) is 41.0 Å². The first-order chi connectivity index (χ1) is 9.71. The minimum Gasteiger partial charge on any atom is -0.369 e. The monoisotopic (exact) mass is 292 g/mol. The van der Waals surface area contributed by atoms with Crippen molar-refractivity contribution in [3.8, 4) is 0 Å². The molecule has 0 aromatic carbocycles. The maximum absolute atomic E-state index is 4.45. The summed E-state index contributed by atoms with van der Waals surface area (Å²) in [6.45, 7) is 5.57. The Bertz CT molecular complexity index is 461. The van der Waals surface area contributed by atoms with Gasteiger partial charge in [-0.3, -0.25) is 0 Å². The summed E-state index contributed by atoms with van der Waals surface area (Å²) < 4.78 is 0.463. The normalized spacial score (nSPS) is 24.5. The van der Waals surface area contributed by atoms with Crippen LogP contribution in [0.4, 0.5) is 11.6 Å². The number of aromatic nitrogens is 2. The third-order valence-corrected chi connectivity index (χ3v) is 5.88. The SMILES string of the molecule is CSC1(CNc2cc(N3CCCC(C)C3)ncn2)CC1. The van der Waals surface area contributed by atoms with Gasteiger partial charge >= 0.3 is 0 Å². The predicted octanol–water partition coefficient (Wildman–Crippen LogP) is 3.02. The lowest BCUT2D eigenvalue weighted by molar-refractivity contribution is 0.444. The molecule has 1 aliphatic carbocycles. The lowest BCUT2D eigenvalue weighted by atomic mass is 10.0. The Morgan fingerprint density at radius 1 is 1.45 bits per heavy atom. The molecular weight excluding hydrogens is 268 g/mol. The number of piperidine rings is 1. The van der Waals surface area contributed by atoms with Crippen molar-refractivity contribution in [2.45, 2.75) is 37.4 Å². The van der Waals surface area contributed by atoms with E-state index in [0.717, 1.165) is 37.2 Å². The number of anilines is 2. The van der Waals surface area contributed by atoms with Crippen LogP contribution < -0.4 is 10.2 Å². The van der Waals surface area contributed by atoms with Gasteiger partial charge < -0.3 is 10.2 Å². The smallest absolute Gasteiger partial charge is 0.134 e. The molecule has 20 heavy (non-hydrogen) atoms. The highest BCUT2D eigenvalue weighted by molar-refractivity contribution is 8.00. The Balaban J connectivity index is 1.63. The van der Waals surface area contributed by atoms with Crippen molar-refractivity contribution >= 4 is 23.4 Å². The molecule has 1 atom stereocenters. The maximum atomic E-state index is 4.45. The maximum Gasteiger partial charge on any atom is 0.134 e. The van der Waals surface area contributed by atoms with Gasteiger partial charge in [-0.15, -0.1) is 0 Å². The summed E-state index contributed by atoms with van der Waals surface area (Å²) in [7, 11) is 0. The molecule has 0 bridgehead atoms. The second kappa shape index (κ2) is 5.80. The summed E-state index contributed by atoms with van der Waals surface area (Å²) in [6, 6.07) is 2.11. The Kier molecular flexibility index (Phi) is 4.06. The molecule has 1 N–H and O–H groups in total. The van der Waals surface area contributed by atoms with Crippen molar-refractivity contribution in [1.29, 1.82) is 0 Å². The van der Waals surface area contributed by atoms with Crippen LogP contribution in [0.2, 0.25) is 0 Å². The van der Waals surface area contributed by atoms with Crippen LogP contribution in [0.3, 0.4) is 0 Å². The number of hydrogen-bond acceptors (Lipinski definition) is 5. The van der Waals surface area contributed by atoms with Gasteiger partial charge in [0, 0.05) is 30.4 Å². The van der Waals surface area contributed by atoms with Crippen molar-refractivity contribution in [2.75, 3.05) is 36.1 Å². The molecule has 1 unspecified atom stereocenters. The van der Waals surface area contributed by atoms with Crippen molar-refractivity contribution in [3.05, 3.63) is 12.4 Å². The highest BCUT2D eigenvalue weighted by Gasteiger charge is 2.41. The Hall–Kier alpha value is -0.970. The third kappa shape index (κ3) is 3.19. The first-order valence-corrected chi connectivity index (χ1v) is 8.79. The molecule has 110 valence electrons. The molecule has 2 heterocycles. The minimum atomic E-state index is 0.463. The van der Waals surface area contributed by atoms with Crippen LogP contribution in [0, 0.1) is 5.92 Å². The van der Waals surface area contributed by atoms with Gasteiger partial charge in [0.25, 0.3) is 0 Å². The van der Waals surface area contributed by atoms with E-state index in [9.17, 15) is 0 Å². The van der Waals surface area contributed by atoms with Crippen molar-refractivity contribution in [1.82, 2.24) is 9.97 Å². The molecule has 2 aliphatic rings. The number of rotatable bonds is 5. The van der Waals surface area contributed by atoms with E-state index in [1.807, 2.05) is 11.8 Å². The molecule has 1 aromatic rings. The number of thioether (sulfide) groups is 1. The van der Waals surface area contributed by atoms with Crippen LogP contribution in [0.1, 0.15) is 32.6 Å². The predicted molar refractivity (Wildman–Crippen MR) is 86.6 cm³/mol. The van der Waals surface area contributed by atoms with E-state index in [-0.39, 0.29) is 0 Å². The second-order valence-electron chi connectivity index (χ2n) is 6.20. The van der Waals surface area contributed by atoms with E-state index in [0.29, 0.717) is 4.75 Å². The Morgan fingerprint density at radius 3 is 3.00 bits per heavy atom. The highest BCUT2D eigenvalue weighted by atomic mass is 32.2. The third-order valence-electron chi connectivity index (χ3n) is 4.47. The fraction of sp³-hybridized carbons (Fsp3) is 0.733. The Morgan fingerprint density at radius 2 is 2.30 bits per heavy atom. The molecule has 1 aliphatic heterocycles. The molecule has 4 nitrogen and oxygen atoms in total. The van der Waals surface area contributed by atoms with Gasteiger partial charge in [-0.25, -0.2) is 9.97 Å². The number of nitrogens with one attached hydrogen (secondary N) is 1. The van der Waals surface area contributed by atoms with E-state index in [1.54, 1.807) is 6.33 Å². The molecule has 1 saturated heterocycles. The molecule has 1 aromatic heterocycles. The zero-order chi connectivity index (χ0) is 14.0. The van der Waals surface area contributed by atoms with E-state index in [4.69, 9.17) is 0 Å². The van der Waals surface area contributed by atoms with Crippen LogP contribution in [-0.4, -0.2) is 40.6 Å². The van der Waals surface area contributed by atoms with Gasteiger partial charge in [0.1, 0.15) is 18.0 Å². The van der Waals surface area contributed by atoms with Crippen LogP contribution >= 0.6 is 11.8 Å². The molecule has 5 heteroatoms. The van der Waals surface area contributed by atoms with Crippen molar-refractivity contribution in [2.24, 2.45) is 5.92 Å². The fourth-order valence-electron chi connectivity index (χ4n) is 2.86. The van der Waals surface area contributed by atoms with E-state index < -0.39 is 0 Å². The quantitative estimate of drug-likeness (QED) is 0.903. The minimum absolute atomic E-state index is 0.463. The first kappa shape index (κ1) is 14.0. The zero-order valence-corrected chi connectivity index (χ0v) is 13.2. The van der Waals surface area contributed by atoms with Crippen molar-refractivity contribution in [3.63, 3.8) is 0 Å². The van der Waals surface area contributed by atoms with E-state index in [1.165, 1.54) is 25.7 Å². The second-order valence-corrected chi connectivity index (χ2v) is 7.47. The van der Waals surface area contributed by atoms with Gasteiger partial charge in [0.15, 0.2) is 0 Å². The van der Waals surface area contributed by atoms with Crippen LogP contribution in [-0.2, 0) is 0 Å². The zero-order valence-electron chi connectivity index (χ0n) is 12.4. The number of hydrogen-bond donors (Lipinski definition) is 1. The summed E-state index contributed by atoms with van der Waals surface area (Å²) in [6.07, 6.45) is 9.14. The van der Waals surface area contributed by atoms with Gasteiger partial charge in [-0.05, 0) is 37.9 Å². The lowest BCUT2D eigenvalue weighted by Crippen LogP contribution is -2.34. The lowest BCUT2D eigenvalue weighted by Gasteiger charge is -2.31. The summed E-state index contributed by atoms with van der Waals surface area (Å²) in [5.74, 6) is 2.80. The molecule has 0 radical (unpaired) electrons. The molecule has 1 saturated carbocycles. The largest absolute Gasteiger partial charge is 0.369 e. The van der Waals surface area contributed by atoms with Gasteiger partial charge in [0.2, 0.25) is 0 Å². The average molecular weight is 292 g/mol. The van der Waals surface area contributed by atoms with E-state index in [2.05, 4.69) is 39.4 Å². The van der Waals surface area contributed by atoms with E-state index >= 15 is 0 Å². The standard InChI is InChI=1S/C15H24N4S/c1-12-4-3-7-19(9-12)14-8-13(17-11-18-14)16-10-15(20-2)5-6-15/h8,11-12H,3-7,9-10H2,1-2H3,(H,16,17,18). The molecular formula is C15H24N4S. The van der Waals surface area contributed by atoms with Crippen LogP contribution in [0.25, 0.3) is 0 Å². The summed E-state index contributed by atoms with van der Waals surface area (Å²) >= 11 is 1.97. The molecule has 2 fully saturated rings. The summed E-state index contributed by atoms with van der Waals surface area (Å²) in [5.41, 5.74) is 0. The van der Waals surface area contributed by atoms with Gasteiger partial charge in [-0.2, -0.15) is 11.8 Å². The van der Waals surface area contributed by atoms with Crippen molar-refractivity contribution < 1.29 is 0 Å². The molecule has 3 rings (SSSR count). The average Bonchev–Trinajstić information content (AvgIpc) is 3.26. The number of nitrogens with zero attached hydrogens (tertiary/aromatic N) is 3. The molecule has 0 spiro atoms. The fourth-order valence-corrected chi connectivity index (χ4v) is 3.59. The van der Waals surface area contributed by atoms with Crippen LogP contribution in [0.15, 0.2) is 12.4 Å². The Labute approximate surface area is 125 Å². The van der Waals surface area contributed by atoms with Gasteiger partial charge in [-0.1, -0.05) is 6.92 Å².